The number of fused-ring (bicyclic) bond motifs is 4. The van der Waals surface area contributed by atoms with Crippen molar-refractivity contribution in [3.8, 4) is 39.2 Å². The first-order valence-corrected chi connectivity index (χ1v) is 23.3. The number of rotatable bonds is 8. The quantitative estimate of drug-likeness (QED) is 0.142. The average molecular weight is 1100 g/mol. The van der Waals surface area contributed by atoms with Crippen LogP contribution in [0.2, 0.25) is 0 Å². The van der Waals surface area contributed by atoms with Crippen molar-refractivity contribution < 1.29 is 34.8 Å². The molecule has 70 heavy (non-hydrogen) atoms. The molecular weight excluding hydrogens is 1030 g/mol. The number of aromatic nitrogens is 2. The molecule has 4 nitrogen and oxygen atoms in total. The fourth-order valence-corrected chi connectivity index (χ4v) is 10.3. The number of anilines is 4. The van der Waals surface area contributed by atoms with Crippen LogP contribution >= 0.6 is 0 Å². The molecule has 0 spiro atoms. The number of aryl methyl sites for hydroxylation is 3. The third-order valence-electron chi connectivity index (χ3n) is 13.7. The number of para-hydroxylation sites is 3. The summed E-state index contributed by atoms with van der Waals surface area (Å²) < 4.78 is 92.3. The molecule has 0 saturated carbocycles. The van der Waals surface area contributed by atoms with Gasteiger partial charge in [-0.25, -0.2) is 4.98 Å². The second kappa shape index (κ2) is 18.4. The van der Waals surface area contributed by atoms with Crippen molar-refractivity contribution in [1.29, 1.82) is 0 Å². The molecular formula is C65H57N4Pt-3. The van der Waals surface area contributed by atoms with Crippen molar-refractivity contribution in [2.24, 2.45) is 0 Å². The van der Waals surface area contributed by atoms with Gasteiger partial charge in [-0.05, 0) is 139 Å². The Labute approximate surface area is 442 Å². The van der Waals surface area contributed by atoms with Crippen molar-refractivity contribution >= 4 is 44.6 Å². The third-order valence-corrected chi connectivity index (χ3v) is 13.7. The molecule has 5 heteroatoms. The van der Waals surface area contributed by atoms with Crippen molar-refractivity contribution in [2.45, 2.75) is 74.1 Å². The first-order chi connectivity index (χ1) is 37.5. The van der Waals surface area contributed by atoms with Gasteiger partial charge in [0.2, 0.25) is 0 Å². The molecule has 0 N–H and O–H groups in total. The zero-order valence-electron chi connectivity index (χ0n) is 50.7. The predicted molar refractivity (Wildman–Crippen MR) is 290 cm³/mol. The minimum absolute atomic E-state index is 0. The molecule has 0 saturated heterocycles. The summed E-state index contributed by atoms with van der Waals surface area (Å²) >= 11 is 0. The Balaban J connectivity index is 0.00000720. The molecule has 0 unspecified atom stereocenters. The van der Waals surface area contributed by atoms with Gasteiger partial charge in [-0.2, -0.15) is 41.5 Å². The molecule has 2 aromatic heterocycles. The Morgan fingerprint density at radius 1 is 0.586 bits per heavy atom. The SMILES string of the molecule is [2H]c1c([2H])c([2H])c(-c2c(C)c(C)c(C)c(-c3c([2H])c([2H])c([2H])c([2H])c3[2H])c2N2[CH-]N(c3[c-]c(Cc4[c-]c5c(cc4)c4ccccc4n5-c4cc(C(C)(C)C)ccn4)cc(-c4c(C)cc(C)cc4C)c3)c3ccccc32)c([2H])c1[2H].[Pt]. The van der Waals surface area contributed by atoms with Gasteiger partial charge in [0, 0.05) is 61.0 Å². The average Bonchev–Trinajstić information content (AvgIpc) is 4.11. The second-order valence-corrected chi connectivity index (χ2v) is 19.3. The minimum atomic E-state index is -0.551. The summed E-state index contributed by atoms with van der Waals surface area (Å²) in [4.78, 5) is 8.80. The van der Waals surface area contributed by atoms with Gasteiger partial charge < -0.3 is 14.4 Å². The molecule has 8 aromatic carbocycles. The first kappa shape index (κ1) is 36.0. The molecule has 0 radical (unpaired) electrons. The Morgan fingerprint density at radius 2 is 1.20 bits per heavy atom. The maximum absolute atomic E-state index is 9.38. The van der Waals surface area contributed by atoms with Gasteiger partial charge in [0.25, 0.3) is 0 Å². The minimum Gasteiger partial charge on any atom is -0.493 e. The smallest absolute Gasteiger partial charge is 0.135 e. The van der Waals surface area contributed by atoms with E-state index in [-0.39, 0.29) is 54.4 Å². The summed E-state index contributed by atoms with van der Waals surface area (Å²) in [7, 11) is 0. The van der Waals surface area contributed by atoms with Crippen LogP contribution in [0.5, 0.6) is 0 Å². The normalized spacial score (nSPS) is 14.5. The standard InChI is InChI=1S/C65H57N4.Pt/c1-41-32-42(2)61(43(3)33-41)51-35-48(34-47-28-29-55-54-24-16-17-25-56(54)69(59(55)37-47)60-39-52(30-31-66-60)65(7,8)9)36-53(38-51)67-40-68(58-27-19-18-26-57(58)67)64-62(49-20-12-10-13-21-49)45(5)44(4)46(6)63(64)50-22-14-11-15-23-50;/h10-33,35,38-40H,34H2,1-9H3;/q-3;/i10D,11D,12D,13D,14D,15D,20D,21D,22D,23D;. The zero-order chi connectivity index (χ0) is 56.4. The molecule has 0 atom stereocenters. The van der Waals surface area contributed by atoms with Crippen molar-refractivity contribution in [3.63, 3.8) is 0 Å². The molecule has 0 bridgehead atoms. The molecule has 11 rings (SSSR count). The van der Waals surface area contributed by atoms with E-state index >= 15 is 0 Å². The van der Waals surface area contributed by atoms with E-state index in [2.05, 4.69) is 125 Å². The summed E-state index contributed by atoms with van der Waals surface area (Å²) in [6.45, 7) is 20.3. The summed E-state index contributed by atoms with van der Waals surface area (Å²) in [5.41, 5.74) is 14.8. The Hall–Kier alpha value is -7.00. The van der Waals surface area contributed by atoms with Crippen LogP contribution in [0.15, 0.2) is 164 Å². The molecule has 3 heterocycles. The number of hydrogen-bond donors (Lipinski definition) is 0. The summed E-state index contributed by atoms with van der Waals surface area (Å²) in [5, 5.41) is 2.16. The van der Waals surface area contributed by atoms with Crippen molar-refractivity contribution in [2.75, 3.05) is 9.80 Å². The van der Waals surface area contributed by atoms with E-state index in [9.17, 15) is 5.48 Å². The van der Waals surface area contributed by atoms with Crippen LogP contribution < -0.4 is 9.80 Å². The van der Waals surface area contributed by atoms with E-state index in [4.69, 9.17) is 13.2 Å². The van der Waals surface area contributed by atoms with Crippen LogP contribution in [0.4, 0.5) is 22.7 Å². The van der Waals surface area contributed by atoms with E-state index in [0.717, 1.165) is 72.3 Å². The molecule has 0 fully saturated rings. The van der Waals surface area contributed by atoms with Gasteiger partial charge >= 0.3 is 0 Å². The van der Waals surface area contributed by atoms with Crippen LogP contribution in [0.1, 0.15) is 84.5 Å². The first-order valence-electron chi connectivity index (χ1n) is 28.3. The maximum atomic E-state index is 9.38. The van der Waals surface area contributed by atoms with Gasteiger partial charge in [-0.15, -0.1) is 29.4 Å². The molecule has 0 aliphatic carbocycles. The summed E-state index contributed by atoms with van der Waals surface area (Å²) in [5.74, 6) is 0.810. The third kappa shape index (κ3) is 8.16. The van der Waals surface area contributed by atoms with Crippen LogP contribution in [0.25, 0.3) is 61.0 Å². The zero-order valence-corrected chi connectivity index (χ0v) is 43.0. The number of benzene rings is 8. The molecule has 1 aliphatic heterocycles. The number of pyridine rings is 1. The van der Waals surface area contributed by atoms with Crippen molar-refractivity contribution in [1.82, 2.24) is 9.55 Å². The molecule has 1 aliphatic rings. The second-order valence-electron chi connectivity index (χ2n) is 19.3. The van der Waals surface area contributed by atoms with Gasteiger partial charge in [0.15, 0.2) is 0 Å². The Morgan fingerprint density at radius 3 is 1.84 bits per heavy atom. The topological polar surface area (TPSA) is 24.3 Å². The van der Waals surface area contributed by atoms with Gasteiger partial charge in [0.05, 0.1) is 13.7 Å². The number of hydrogen-bond acceptors (Lipinski definition) is 3. The fraction of sp³-hybridized carbons (Fsp3) is 0.169. The monoisotopic (exact) mass is 1100 g/mol. The summed E-state index contributed by atoms with van der Waals surface area (Å²) in [6, 6.07) is 36.0. The van der Waals surface area contributed by atoms with Crippen LogP contribution in [-0.4, -0.2) is 9.55 Å². The predicted octanol–water partition coefficient (Wildman–Crippen LogP) is 16.9. The largest absolute Gasteiger partial charge is 0.493 e. The van der Waals surface area contributed by atoms with E-state index in [0.29, 0.717) is 34.5 Å². The maximum Gasteiger partial charge on any atom is 0.135 e. The van der Waals surface area contributed by atoms with Gasteiger partial charge in [0.1, 0.15) is 5.82 Å². The van der Waals surface area contributed by atoms with E-state index in [1.165, 1.54) is 5.56 Å². The van der Waals surface area contributed by atoms with E-state index in [1.807, 2.05) is 73.8 Å². The van der Waals surface area contributed by atoms with Crippen LogP contribution in [0, 0.1) is 60.3 Å². The molecule has 10 aromatic rings. The van der Waals surface area contributed by atoms with Crippen LogP contribution in [0.3, 0.4) is 0 Å². The van der Waals surface area contributed by atoms with Gasteiger partial charge in [-0.3, -0.25) is 0 Å². The van der Waals surface area contributed by atoms with E-state index in [1.54, 1.807) is 0 Å². The Bertz CT molecular complexity index is 4060. The van der Waals surface area contributed by atoms with Gasteiger partial charge in [-0.1, -0.05) is 135 Å². The Kier molecular flexibility index (Phi) is 9.46. The fourth-order valence-electron chi connectivity index (χ4n) is 10.3. The summed E-state index contributed by atoms with van der Waals surface area (Å²) in [6.07, 6.45) is 2.33. The van der Waals surface area contributed by atoms with Crippen molar-refractivity contribution in [3.05, 3.63) is 233 Å². The molecule has 350 valence electrons. The van der Waals surface area contributed by atoms with Crippen LogP contribution in [-0.2, 0) is 32.9 Å². The molecule has 0 amide bonds. The number of nitrogens with zero attached hydrogens (tertiary/aromatic N) is 4. The van der Waals surface area contributed by atoms with E-state index < -0.39 is 60.4 Å².